The van der Waals surface area contributed by atoms with Crippen LogP contribution in [0.3, 0.4) is 0 Å². The molecule has 96 valence electrons. The Labute approximate surface area is 111 Å². The van der Waals surface area contributed by atoms with Crippen LogP contribution in [0.4, 0.5) is 0 Å². The molecule has 0 unspecified atom stereocenters. The van der Waals surface area contributed by atoms with Gasteiger partial charge in [-0.15, -0.1) is 0 Å². The van der Waals surface area contributed by atoms with E-state index in [1.54, 1.807) is 36.4 Å². The maximum Gasteiger partial charge on any atom is 0.200 e. The van der Waals surface area contributed by atoms with E-state index in [1.165, 1.54) is 6.92 Å². The molecule has 0 spiro atoms. The van der Waals surface area contributed by atoms with E-state index in [-0.39, 0.29) is 18.2 Å². The van der Waals surface area contributed by atoms with Gasteiger partial charge in [0.1, 0.15) is 5.75 Å². The molecule has 0 saturated heterocycles. The predicted octanol–water partition coefficient (Wildman–Crippen LogP) is 3.15. The van der Waals surface area contributed by atoms with E-state index in [0.29, 0.717) is 16.9 Å². The lowest BCUT2D eigenvalue weighted by molar-refractivity contribution is 0.0921. The summed E-state index contributed by atoms with van der Waals surface area (Å²) in [5.41, 5.74) is 1.02. The molecule has 0 fully saturated rings. The van der Waals surface area contributed by atoms with Crippen LogP contribution in [0, 0.1) is 0 Å². The Morgan fingerprint density at radius 1 is 0.947 bits per heavy atom. The SMILES string of the molecule is CC(=O)c1cccc(C(=O)COc2ccccc2)c1. The summed E-state index contributed by atoms with van der Waals surface area (Å²) in [6.07, 6.45) is 0. The second-order valence-electron chi connectivity index (χ2n) is 4.16. The maximum atomic E-state index is 12.0. The van der Waals surface area contributed by atoms with Crippen LogP contribution in [-0.2, 0) is 0 Å². The van der Waals surface area contributed by atoms with E-state index in [0.717, 1.165) is 0 Å². The van der Waals surface area contributed by atoms with Gasteiger partial charge in [-0.25, -0.2) is 0 Å². The van der Waals surface area contributed by atoms with E-state index in [1.807, 2.05) is 18.2 Å². The minimum Gasteiger partial charge on any atom is -0.485 e. The van der Waals surface area contributed by atoms with Gasteiger partial charge >= 0.3 is 0 Å². The third kappa shape index (κ3) is 3.52. The molecule has 0 amide bonds. The quantitative estimate of drug-likeness (QED) is 0.770. The van der Waals surface area contributed by atoms with Crippen molar-refractivity contribution >= 4 is 11.6 Å². The highest BCUT2D eigenvalue weighted by Gasteiger charge is 2.09. The normalized spacial score (nSPS) is 9.95. The predicted molar refractivity (Wildman–Crippen MR) is 72.7 cm³/mol. The molecule has 0 atom stereocenters. The Morgan fingerprint density at radius 3 is 2.32 bits per heavy atom. The molecule has 0 aliphatic carbocycles. The maximum absolute atomic E-state index is 12.0. The average molecular weight is 254 g/mol. The van der Waals surface area contributed by atoms with Crippen LogP contribution in [-0.4, -0.2) is 18.2 Å². The first-order valence-corrected chi connectivity index (χ1v) is 5.99. The van der Waals surface area contributed by atoms with Crippen LogP contribution in [0.2, 0.25) is 0 Å². The summed E-state index contributed by atoms with van der Waals surface area (Å²) in [4.78, 5) is 23.2. The Kier molecular flexibility index (Phi) is 4.08. The third-order valence-electron chi connectivity index (χ3n) is 2.70. The van der Waals surface area contributed by atoms with Crippen molar-refractivity contribution in [2.75, 3.05) is 6.61 Å². The number of benzene rings is 2. The molecular weight excluding hydrogens is 240 g/mol. The number of ketones is 2. The summed E-state index contributed by atoms with van der Waals surface area (Å²) < 4.78 is 5.39. The van der Waals surface area contributed by atoms with Gasteiger partial charge in [0, 0.05) is 11.1 Å². The first-order valence-electron chi connectivity index (χ1n) is 5.99. The number of para-hydroxylation sites is 1. The van der Waals surface area contributed by atoms with Gasteiger partial charge in [0.2, 0.25) is 0 Å². The number of hydrogen-bond donors (Lipinski definition) is 0. The Balaban J connectivity index is 2.04. The molecule has 0 aliphatic rings. The molecule has 0 radical (unpaired) electrons. The first kappa shape index (κ1) is 13.0. The van der Waals surface area contributed by atoms with Gasteiger partial charge in [0.05, 0.1) is 0 Å². The first-order chi connectivity index (χ1) is 9.16. The van der Waals surface area contributed by atoms with Crippen LogP contribution in [0.1, 0.15) is 27.6 Å². The number of carbonyl (C=O) groups excluding carboxylic acids is 2. The number of ether oxygens (including phenoxy) is 1. The fraction of sp³-hybridized carbons (Fsp3) is 0.125. The molecule has 3 heteroatoms. The number of rotatable bonds is 5. The average Bonchev–Trinajstić information content (AvgIpc) is 2.46. The van der Waals surface area contributed by atoms with E-state index in [2.05, 4.69) is 0 Å². The highest BCUT2D eigenvalue weighted by molar-refractivity contribution is 6.01. The van der Waals surface area contributed by atoms with Gasteiger partial charge < -0.3 is 4.74 Å². The Morgan fingerprint density at radius 2 is 1.63 bits per heavy atom. The van der Waals surface area contributed by atoms with Crippen molar-refractivity contribution in [3.05, 3.63) is 65.7 Å². The highest BCUT2D eigenvalue weighted by Crippen LogP contribution is 2.11. The Bertz CT molecular complexity index is 588. The van der Waals surface area contributed by atoms with Gasteiger partial charge in [-0.2, -0.15) is 0 Å². The van der Waals surface area contributed by atoms with E-state index in [4.69, 9.17) is 4.74 Å². The zero-order valence-electron chi connectivity index (χ0n) is 10.6. The lowest BCUT2D eigenvalue weighted by atomic mass is 10.1. The monoisotopic (exact) mass is 254 g/mol. The molecule has 3 nitrogen and oxygen atoms in total. The second-order valence-corrected chi connectivity index (χ2v) is 4.16. The zero-order valence-corrected chi connectivity index (χ0v) is 10.6. The summed E-state index contributed by atoms with van der Waals surface area (Å²) in [5.74, 6) is 0.448. The molecule has 19 heavy (non-hydrogen) atoms. The van der Waals surface area contributed by atoms with Crippen molar-refractivity contribution in [3.63, 3.8) is 0 Å². The van der Waals surface area contributed by atoms with Crippen molar-refractivity contribution < 1.29 is 14.3 Å². The van der Waals surface area contributed by atoms with Crippen molar-refractivity contribution in [1.29, 1.82) is 0 Å². The summed E-state index contributed by atoms with van der Waals surface area (Å²) in [7, 11) is 0. The van der Waals surface area contributed by atoms with Gasteiger partial charge in [-0.1, -0.05) is 36.4 Å². The van der Waals surface area contributed by atoms with Crippen LogP contribution in [0.15, 0.2) is 54.6 Å². The van der Waals surface area contributed by atoms with Gasteiger partial charge in [0.25, 0.3) is 0 Å². The molecule has 2 rings (SSSR count). The minimum absolute atomic E-state index is 0.0363. The van der Waals surface area contributed by atoms with Crippen molar-refractivity contribution in [1.82, 2.24) is 0 Å². The van der Waals surface area contributed by atoms with Crippen LogP contribution in [0.25, 0.3) is 0 Å². The summed E-state index contributed by atoms with van der Waals surface area (Å²) in [5, 5.41) is 0. The van der Waals surface area contributed by atoms with E-state index in [9.17, 15) is 9.59 Å². The molecule has 2 aromatic rings. The van der Waals surface area contributed by atoms with E-state index < -0.39 is 0 Å². The second kappa shape index (κ2) is 5.96. The molecule has 2 aromatic carbocycles. The van der Waals surface area contributed by atoms with E-state index >= 15 is 0 Å². The van der Waals surface area contributed by atoms with Crippen molar-refractivity contribution in [2.45, 2.75) is 6.92 Å². The molecular formula is C16H14O3. The third-order valence-corrected chi connectivity index (χ3v) is 2.70. The van der Waals surface area contributed by atoms with Gasteiger partial charge in [-0.3, -0.25) is 9.59 Å². The molecule has 0 aromatic heterocycles. The van der Waals surface area contributed by atoms with Gasteiger partial charge in [0.15, 0.2) is 18.2 Å². The summed E-state index contributed by atoms with van der Waals surface area (Å²) in [6.45, 7) is 1.44. The molecule has 0 aliphatic heterocycles. The zero-order chi connectivity index (χ0) is 13.7. The Hall–Kier alpha value is -2.42. The van der Waals surface area contributed by atoms with Crippen molar-refractivity contribution in [3.8, 4) is 5.75 Å². The fourth-order valence-corrected chi connectivity index (χ4v) is 1.66. The molecule has 0 saturated carbocycles. The lowest BCUT2D eigenvalue weighted by Gasteiger charge is -2.06. The minimum atomic E-state index is -0.146. The summed E-state index contributed by atoms with van der Waals surface area (Å²) >= 11 is 0. The summed E-state index contributed by atoms with van der Waals surface area (Å²) in [6, 6.07) is 15.8. The van der Waals surface area contributed by atoms with Crippen LogP contribution >= 0.6 is 0 Å². The van der Waals surface area contributed by atoms with Crippen molar-refractivity contribution in [2.24, 2.45) is 0 Å². The van der Waals surface area contributed by atoms with Gasteiger partial charge in [-0.05, 0) is 25.1 Å². The molecule has 0 bridgehead atoms. The smallest absolute Gasteiger partial charge is 0.200 e. The standard InChI is InChI=1S/C16H14O3/c1-12(17)13-6-5-7-14(10-13)16(18)11-19-15-8-3-2-4-9-15/h2-10H,11H2,1H3. The molecule has 0 N–H and O–H groups in total. The fourth-order valence-electron chi connectivity index (χ4n) is 1.66. The highest BCUT2D eigenvalue weighted by atomic mass is 16.5. The number of Topliss-reactive ketones (excluding diaryl/α,β-unsaturated/α-hetero) is 2. The number of hydrogen-bond acceptors (Lipinski definition) is 3. The molecule has 0 heterocycles. The topological polar surface area (TPSA) is 43.4 Å². The number of carbonyl (C=O) groups is 2. The lowest BCUT2D eigenvalue weighted by Crippen LogP contribution is -2.12. The van der Waals surface area contributed by atoms with Crippen LogP contribution < -0.4 is 4.74 Å². The largest absolute Gasteiger partial charge is 0.485 e. The van der Waals surface area contributed by atoms with Crippen LogP contribution in [0.5, 0.6) is 5.75 Å².